The summed E-state index contributed by atoms with van der Waals surface area (Å²) in [6.07, 6.45) is 1.95. The molecule has 1 aromatic carbocycles. The molecule has 0 aliphatic carbocycles. The maximum Gasteiger partial charge on any atom is 0.0719 e. The molecule has 1 heterocycles. The fraction of sp³-hybridized carbons (Fsp3) is 0.533. The third-order valence-corrected chi connectivity index (χ3v) is 3.35. The van der Waals surface area contributed by atoms with Gasteiger partial charge in [0.05, 0.1) is 17.8 Å². The molecule has 0 spiro atoms. The number of benzene rings is 1. The highest BCUT2D eigenvalue weighted by Crippen LogP contribution is 2.18. The largest absolute Gasteiger partial charge is 0.380 e. The summed E-state index contributed by atoms with van der Waals surface area (Å²) in [7, 11) is 3.97. The van der Waals surface area contributed by atoms with Crippen molar-refractivity contribution >= 4 is 10.9 Å². The Morgan fingerprint density at radius 2 is 2.16 bits per heavy atom. The van der Waals surface area contributed by atoms with E-state index in [-0.39, 0.29) is 0 Å². The molecule has 0 radical (unpaired) electrons. The Labute approximate surface area is 114 Å². The van der Waals surface area contributed by atoms with Crippen molar-refractivity contribution < 1.29 is 4.74 Å². The summed E-state index contributed by atoms with van der Waals surface area (Å²) in [5, 5.41) is 9.17. The van der Waals surface area contributed by atoms with E-state index in [4.69, 9.17) is 4.74 Å². The van der Waals surface area contributed by atoms with Crippen LogP contribution in [0.25, 0.3) is 10.9 Å². The Morgan fingerprint density at radius 3 is 2.89 bits per heavy atom. The molecule has 1 N–H and O–H groups in total. The Kier molecular flexibility index (Phi) is 4.93. The predicted octanol–water partition coefficient (Wildman–Crippen LogP) is 2.13. The minimum Gasteiger partial charge on any atom is -0.380 e. The maximum absolute atomic E-state index is 5.63. The molecule has 0 amide bonds. The van der Waals surface area contributed by atoms with Crippen LogP contribution in [0.2, 0.25) is 0 Å². The lowest BCUT2D eigenvalue weighted by Gasteiger charge is -2.15. The molecular weight excluding hydrogens is 238 g/mol. The number of para-hydroxylation sites is 1. The first kappa shape index (κ1) is 14.0. The maximum atomic E-state index is 5.63. The minimum atomic E-state index is 0.310. The van der Waals surface area contributed by atoms with Crippen molar-refractivity contribution in [3.63, 3.8) is 0 Å². The monoisotopic (exact) mass is 261 g/mol. The van der Waals surface area contributed by atoms with Crippen LogP contribution in [0.4, 0.5) is 0 Å². The van der Waals surface area contributed by atoms with Crippen LogP contribution in [0, 0.1) is 0 Å². The zero-order valence-corrected chi connectivity index (χ0v) is 12.0. The van der Waals surface area contributed by atoms with Gasteiger partial charge in [-0.15, -0.1) is 0 Å². The first-order valence-electron chi connectivity index (χ1n) is 6.91. The average Bonchev–Trinajstić information content (AvgIpc) is 2.75. The van der Waals surface area contributed by atoms with E-state index in [1.54, 1.807) is 0 Å². The summed E-state index contributed by atoms with van der Waals surface area (Å²) in [4.78, 5) is 0. The van der Waals surface area contributed by atoms with E-state index in [1.165, 1.54) is 10.9 Å². The molecule has 1 aromatic heterocycles. The van der Waals surface area contributed by atoms with E-state index in [0.717, 1.165) is 31.7 Å². The Hall–Kier alpha value is -1.39. The van der Waals surface area contributed by atoms with E-state index in [2.05, 4.69) is 35.5 Å². The first-order valence-corrected chi connectivity index (χ1v) is 6.91. The first-order chi connectivity index (χ1) is 9.26. The van der Waals surface area contributed by atoms with Crippen molar-refractivity contribution in [2.24, 2.45) is 7.05 Å². The number of fused-ring (bicyclic) bond motifs is 1. The second-order valence-electron chi connectivity index (χ2n) is 4.85. The van der Waals surface area contributed by atoms with Gasteiger partial charge in [0.25, 0.3) is 0 Å². The smallest absolute Gasteiger partial charge is 0.0719 e. The highest BCUT2D eigenvalue weighted by Gasteiger charge is 2.13. The van der Waals surface area contributed by atoms with Gasteiger partial charge in [0.2, 0.25) is 0 Å². The van der Waals surface area contributed by atoms with Gasteiger partial charge in [-0.1, -0.05) is 25.1 Å². The van der Waals surface area contributed by atoms with Gasteiger partial charge in [-0.25, -0.2) is 0 Å². The molecule has 4 nitrogen and oxygen atoms in total. The van der Waals surface area contributed by atoms with Crippen molar-refractivity contribution in [1.29, 1.82) is 0 Å². The van der Waals surface area contributed by atoms with E-state index in [1.807, 2.05) is 24.8 Å². The number of nitrogens with one attached hydrogen (secondary N) is 1. The number of hydrogen-bond acceptors (Lipinski definition) is 3. The zero-order chi connectivity index (χ0) is 13.7. The second-order valence-corrected chi connectivity index (χ2v) is 4.85. The third-order valence-electron chi connectivity index (χ3n) is 3.35. The lowest BCUT2D eigenvalue weighted by molar-refractivity contribution is 0.113. The minimum absolute atomic E-state index is 0.310. The molecule has 19 heavy (non-hydrogen) atoms. The zero-order valence-electron chi connectivity index (χ0n) is 12.0. The molecule has 2 rings (SSSR count). The number of aryl methyl sites for hydroxylation is 1. The van der Waals surface area contributed by atoms with Crippen molar-refractivity contribution in [3.05, 3.63) is 30.0 Å². The Balaban J connectivity index is 2.11. The molecule has 0 saturated carbocycles. The SMILES string of the molecule is CCCOCC(Cc1nn(C)c2ccccc12)NC. The van der Waals surface area contributed by atoms with Gasteiger partial charge in [-0.3, -0.25) is 4.68 Å². The summed E-state index contributed by atoms with van der Waals surface area (Å²) < 4.78 is 7.58. The van der Waals surface area contributed by atoms with Crippen LogP contribution in [-0.4, -0.2) is 36.1 Å². The molecule has 0 fully saturated rings. The second kappa shape index (κ2) is 6.68. The highest BCUT2D eigenvalue weighted by molar-refractivity contribution is 5.81. The van der Waals surface area contributed by atoms with Crippen LogP contribution in [0.1, 0.15) is 19.0 Å². The standard InChI is InChI=1S/C15H23N3O/c1-4-9-19-11-12(16-2)10-14-13-7-5-6-8-15(13)18(3)17-14/h5-8,12,16H,4,9-11H2,1-3H3. The van der Waals surface area contributed by atoms with Gasteiger partial charge in [-0.2, -0.15) is 5.10 Å². The molecule has 0 aliphatic heterocycles. The van der Waals surface area contributed by atoms with Crippen LogP contribution >= 0.6 is 0 Å². The molecule has 0 bridgehead atoms. The molecular formula is C15H23N3O. The van der Waals surface area contributed by atoms with E-state index < -0.39 is 0 Å². The number of likely N-dealkylation sites (N-methyl/N-ethyl adjacent to an activating group) is 1. The fourth-order valence-electron chi connectivity index (χ4n) is 2.29. The fourth-order valence-corrected chi connectivity index (χ4v) is 2.29. The van der Waals surface area contributed by atoms with Crippen LogP contribution in [0.3, 0.4) is 0 Å². The van der Waals surface area contributed by atoms with Gasteiger partial charge in [0.15, 0.2) is 0 Å². The summed E-state index contributed by atoms with van der Waals surface area (Å²) >= 11 is 0. The number of nitrogens with zero attached hydrogens (tertiary/aromatic N) is 2. The number of rotatable bonds is 7. The van der Waals surface area contributed by atoms with E-state index in [0.29, 0.717) is 6.04 Å². The quantitative estimate of drug-likeness (QED) is 0.776. The lowest BCUT2D eigenvalue weighted by Crippen LogP contribution is -2.32. The summed E-state index contributed by atoms with van der Waals surface area (Å²) in [6, 6.07) is 8.67. The molecule has 0 saturated heterocycles. The van der Waals surface area contributed by atoms with Crippen LogP contribution in [-0.2, 0) is 18.2 Å². The molecule has 4 heteroatoms. The van der Waals surface area contributed by atoms with Gasteiger partial charge < -0.3 is 10.1 Å². The average molecular weight is 261 g/mol. The molecule has 2 aromatic rings. The van der Waals surface area contributed by atoms with Gasteiger partial charge in [0, 0.05) is 31.5 Å². The summed E-state index contributed by atoms with van der Waals surface area (Å²) in [5.41, 5.74) is 2.32. The predicted molar refractivity (Wildman–Crippen MR) is 78.4 cm³/mol. The van der Waals surface area contributed by atoms with Crippen molar-refractivity contribution in [2.75, 3.05) is 20.3 Å². The summed E-state index contributed by atoms with van der Waals surface area (Å²) in [5.74, 6) is 0. The molecule has 0 aliphatic rings. The van der Waals surface area contributed by atoms with Crippen molar-refractivity contribution in [1.82, 2.24) is 15.1 Å². The molecule has 104 valence electrons. The number of aromatic nitrogens is 2. The topological polar surface area (TPSA) is 39.1 Å². The van der Waals surface area contributed by atoms with Crippen LogP contribution in [0.5, 0.6) is 0 Å². The molecule has 1 atom stereocenters. The number of hydrogen-bond donors (Lipinski definition) is 1. The van der Waals surface area contributed by atoms with E-state index in [9.17, 15) is 0 Å². The van der Waals surface area contributed by atoms with Gasteiger partial charge in [0.1, 0.15) is 0 Å². The Bertz CT molecular complexity index is 521. The van der Waals surface area contributed by atoms with Crippen LogP contribution < -0.4 is 5.32 Å². The van der Waals surface area contributed by atoms with Crippen molar-refractivity contribution in [2.45, 2.75) is 25.8 Å². The normalized spacial score (nSPS) is 13.0. The molecule has 1 unspecified atom stereocenters. The Morgan fingerprint density at radius 1 is 1.37 bits per heavy atom. The van der Waals surface area contributed by atoms with Crippen LogP contribution in [0.15, 0.2) is 24.3 Å². The van der Waals surface area contributed by atoms with Gasteiger partial charge >= 0.3 is 0 Å². The lowest BCUT2D eigenvalue weighted by atomic mass is 10.1. The number of ether oxygens (including phenoxy) is 1. The van der Waals surface area contributed by atoms with Crippen molar-refractivity contribution in [3.8, 4) is 0 Å². The summed E-state index contributed by atoms with van der Waals surface area (Å²) in [6.45, 7) is 3.68. The van der Waals surface area contributed by atoms with Gasteiger partial charge in [-0.05, 0) is 19.5 Å². The van der Waals surface area contributed by atoms with E-state index >= 15 is 0 Å². The third kappa shape index (κ3) is 3.33. The highest BCUT2D eigenvalue weighted by atomic mass is 16.5.